The average molecular weight is 460 g/mol. The number of nitrogens with one attached hydrogen (secondary N) is 2. The quantitative estimate of drug-likeness (QED) is 0.538. The molecule has 1 amide bonds. The van der Waals surface area contributed by atoms with Crippen molar-refractivity contribution in [2.24, 2.45) is 0 Å². The zero-order chi connectivity index (χ0) is 23.5. The monoisotopic (exact) mass is 460 g/mol. The van der Waals surface area contributed by atoms with E-state index < -0.39 is 18.3 Å². The summed E-state index contributed by atoms with van der Waals surface area (Å²) in [4.78, 5) is 32.9. The summed E-state index contributed by atoms with van der Waals surface area (Å²) in [5.41, 5.74) is 2.80. The molecule has 3 heterocycles. The molecule has 4 atom stereocenters. The lowest BCUT2D eigenvalue weighted by molar-refractivity contribution is 0.00916. The van der Waals surface area contributed by atoms with E-state index in [1.54, 1.807) is 30.5 Å². The van der Waals surface area contributed by atoms with E-state index >= 15 is 0 Å². The molecule has 0 aliphatic carbocycles. The maximum absolute atomic E-state index is 12.4. The van der Waals surface area contributed by atoms with E-state index in [1.165, 1.54) is 6.92 Å². The molecule has 0 unspecified atom stereocenters. The number of benzene rings is 2. The first-order chi connectivity index (χ1) is 16.6. The van der Waals surface area contributed by atoms with E-state index in [9.17, 15) is 9.59 Å². The van der Waals surface area contributed by atoms with Crippen LogP contribution in [0.2, 0.25) is 0 Å². The molecule has 0 spiro atoms. The number of Topliss-reactive ketones (excluding diaryl/α,β-unsaturated/α-hetero) is 1. The lowest BCUT2D eigenvalue weighted by Gasteiger charge is -2.18. The van der Waals surface area contributed by atoms with Crippen molar-refractivity contribution in [1.82, 2.24) is 9.97 Å². The summed E-state index contributed by atoms with van der Waals surface area (Å²) < 4.78 is 17.4. The highest BCUT2D eigenvalue weighted by atomic mass is 16.6. The number of aromatic nitrogens is 2. The molecule has 0 saturated carbocycles. The number of hydrogen-bond acceptors (Lipinski definition) is 8. The van der Waals surface area contributed by atoms with Gasteiger partial charge in [0.1, 0.15) is 12.2 Å². The summed E-state index contributed by atoms with van der Waals surface area (Å²) in [5.74, 6) is 0.395. The van der Waals surface area contributed by atoms with E-state index in [-0.39, 0.29) is 24.5 Å². The molecule has 34 heavy (non-hydrogen) atoms. The highest BCUT2D eigenvalue weighted by molar-refractivity contribution is 5.96. The number of ether oxygens (including phenoxy) is 3. The van der Waals surface area contributed by atoms with Crippen molar-refractivity contribution in [3.05, 3.63) is 72.4 Å². The van der Waals surface area contributed by atoms with Crippen LogP contribution in [0.5, 0.6) is 0 Å². The second-order valence-corrected chi connectivity index (χ2v) is 8.18. The summed E-state index contributed by atoms with van der Waals surface area (Å²) >= 11 is 0. The van der Waals surface area contributed by atoms with Crippen molar-refractivity contribution in [3.8, 4) is 11.3 Å². The van der Waals surface area contributed by atoms with Gasteiger partial charge in [-0.05, 0) is 25.1 Å². The summed E-state index contributed by atoms with van der Waals surface area (Å²) in [7, 11) is 0. The van der Waals surface area contributed by atoms with Crippen LogP contribution < -0.4 is 10.6 Å². The third kappa shape index (κ3) is 4.75. The highest BCUT2D eigenvalue weighted by Gasteiger charge is 2.49. The molecule has 2 aliphatic heterocycles. The molecule has 2 saturated heterocycles. The van der Waals surface area contributed by atoms with E-state index in [4.69, 9.17) is 14.2 Å². The second kappa shape index (κ2) is 9.58. The fourth-order valence-electron chi connectivity index (χ4n) is 4.15. The molecule has 2 aliphatic rings. The number of hydrogen-bond donors (Lipinski definition) is 2. The molecule has 0 bridgehead atoms. The van der Waals surface area contributed by atoms with Gasteiger partial charge in [0.25, 0.3) is 0 Å². The predicted molar refractivity (Wildman–Crippen MR) is 125 cm³/mol. The Morgan fingerprint density at radius 2 is 1.82 bits per heavy atom. The maximum Gasteiger partial charge on any atom is 0.412 e. The van der Waals surface area contributed by atoms with Gasteiger partial charge in [-0.3, -0.25) is 10.1 Å². The van der Waals surface area contributed by atoms with Gasteiger partial charge in [-0.15, -0.1) is 0 Å². The van der Waals surface area contributed by atoms with Gasteiger partial charge < -0.3 is 19.5 Å². The summed E-state index contributed by atoms with van der Waals surface area (Å²) in [6.07, 6.45) is -0.178. The lowest BCUT2D eigenvalue weighted by Crippen LogP contribution is -2.38. The number of amides is 1. The Hall–Kier alpha value is -3.82. The molecule has 2 aromatic carbocycles. The minimum Gasteiger partial charge on any atom is -0.441 e. The van der Waals surface area contributed by atoms with Crippen molar-refractivity contribution in [1.29, 1.82) is 0 Å². The second-order valence-electron chi connectivity index (χ2n) is 8.18. The van der Waals surface area contributed by atoms with Crippen LogP contribution in [-0.4, -0.2) is 59.4 Å². The van der Waals surface area contributed by atoms with Crippen LogP contribution in [0.25, 0.3) is 11.3 Å². The van der Waals surface area contributed by atoms with Gasteiger partial charge in [-0.2, -0.15) is 0 Å². The van der Waals surface area contributed by atoms with Crippen LogP contribution in [0.15, 0.2) is 66.9 Å². The van der Waals surface area contributed by atoms with Crippen molar-refractivity contribution in [3.63, 3.8) is 0 Å². The molecule has 0 radical (unpaired) electrons. The molecule has 5 rings (SSSR count). The topological polar surface area (TPSA) is 112 Å². The minimum absolute atomic E-state index is 0.0831. The van der Waals surface area contributed by atoms with Crippen LogP contribution >= 0.6 is 0 Å². The standard InChI is InChI=1S/C25H24N4O5/c1-15(30)17-8-5-9-18(12-17)27-25(31)34-21-14-33-22-20(13-32-23(21)22)29-24-26-11-10-19(28-24)16-6-3-2-4-7-16/h2-12,20-23H,13-14H2,1H3,(H,27,31)(H,26,28,29)/t20-,21-,22-,23+/m0/s1. The third-order valence-electron chi connectivity index (χ3n) is 5.82. The minimum atomic E-state index is -0.631. The molecule has 3 aromatic rings. The third-order valence-corrected chi connectivity index (χ3v) is 5.82. The fraction of sp³-hybridized carbons (Fsp3) is 0.280. The molecule has 2 fully saturated rings. The van der Waals surface area contributed by atoms with Gasteiger partial charge in [0, 0.05) is 23.0 Å². The van der Waals surface area contributed by atoms with E-state index in [0.717, 1.165) is 11.3 Å². The van der Waals surface area contributed by atoms with E-state index in [0.29, 0.717) is 23.8 Å². The van der Waals surface area contributed by atoms with Crippen molar-refractivity contribution in [2.75, 3.05) is 23.8 Å². The number of nitrogens with zero attached hydrogens (tertiary/aromatic N) is 2. The van der Waals surface area contributed by atoms with E-state index in [2.05, 4.69) is 20.6 Å². The Balaban J connectivity index is 1.19. The molecule has 9 heteroatoms. The number of anilines is 2. The number of carbonyl (C=O) groups excluding carboxylic acids is 2. The number of fused-ring (bicyclic) bond motifs is 1. The molecular formula is C25H24N4O5. The van der Waals surface area contributed by atoms with Crippen molar-refractivity contribution in [2.45, 2.75) is 31.3 Å². The average Bonchev–Trinajstić information content (AvgIpc) is 3.43. The van der Waals surface area contributed by atoms with Crippen LogP contribution in [-0.2, 0) is 14.2 Å². The Morgan fingerprint density at radius 3 is 2.65 bits per heavy atom. The van der Waals surface area contributed by atoms with Crippen LogP contribution in [0, 0.1) is 0 Å². The predicted octanol–water partition coefficient (Wildman–Crippen LogP) is 3.54. The first-order valence-corrected chi connectivity index (χ1v) is 11.0. The lowest BCUT2D eigenvalue weighted by atomic mass is 10.1. The fourth-order valence-corrected chi connectivity index (χ4v) is 4.15. The Labute approximate surface area is 196 Å². The molecule has 174 valence electrons. The van der Waals surface area contributed by atoms with Crippen LogP contribution in [0.1, 0.15) is 17.3 Å². The largest absolute Gasteiger partial charge is 0.441 e. The molecule has 1 aromatic heterocycles. The Morgan fingerprint density at radius 1 is 1.00 bits per heavy atom. The first-order valence-electron chi connectivity index (χ1n) is 11.0. The van der Waals surface area contributed by atoms with Gasteiger partial charge >= 0.3 is 6.09 Å². The summed E-state index contributed by atoms with van der Waals surface area (Å²) in [6.45, 7) is 2.06. The van der Waals surface area contributed by atoms with Gasteiger partial charge in [0.05, 0.1) is 24.9 Å². The molecular weight excluding hydrogens is 436 g/mol. The summed E-state index contributed by atoms with van der Waals surface area (Å²) in [5, 5.41) is 5.95. The number of ketones is 1. The van der Waals surface area contributed by atoms with Gasteiger partial charge in [0.2, 0.25) is 5.95 Å². The molecule has 2 N–H and O–H groups in total. The van der Waals surface area contributed by atoms with Crippen molar-refractivity contribution < 1.29 is 23.8 Å². The van der Waals surface area contributed by atoms with Gasteiger partial charge in [-0.25, -0.2) is 14.8 Å². The summed E-state index contributed by atoms with van der Waals surface area (Å²) in [6, 6.07) is 18.2. The van der Waals surface area contributed by atoms with Gasteiger partial charge in [-0.1, -0.05) is 42.5 Å². The highest BCUT2D eigenvalue weighted by Crippen LogP contribution is 2.31. The number of carbonyl (C=O) groups is 2. The van der Waals surface area contributed by atoms with Crippen LogP contribution in [0.4, 0.5) is 16.4 Å². The smallest absolute Gasteiger partial charge is 0.412 e. The van der Waals surface area contributed by atoms with Gasteiger partial charge in [0.15, 0.2) is 11.9 Å². The SMILES string of the molecule is CC(=O)c1cccc(NC(=O)O[C@H]2CO[C@@H]3[C@@H]2OC[C@@H]3Nc2nccc(-c3ccccc3)n2)c1. The maximum atomic E-state index is 12.4. The first kappa shape index (κ1) is 22.0. The van der Waals surface area contributed by atoms with Crippen molar-refractivity contribution >= 4 is 23.5 Å². The zero-order valence-corrected chi connectivity index (χ0v) is 18.5. The van der Waals surface area contributed by atoms with Crippen LogP contribution in [0.3, 0.4) is 0 Å². The van der Waals surface area contributed by atoms with E-state index in [1.807, 2.05) is 36.4 Å². The Bertz CT molecular complexity index is 1190. The Kier molecular flexibility index (Phi) is 6.20. The normalized spacial score (nSPS) is 23.2. The zero-order valence-electron chi connectivity index (χ0n) is 18.5. The number of rotatable bonds is 6. The molecule has 9 nitrogen and oxygen atoms in total.